The molecule has 21 heavy (non-hydrogen) atoms. The van der Waals surface area contributed by atoms with Gasteiger partial charge in [-0.15, -0.1) is 0 Å². The van der Waals surface area contributed by atoms with Gasteiger partial charge in [0.05, 0.1) is 6.04 Å². The summed E-state index contributed by atoms with van der Waals surface area (Å²) in [4.78, 5) is 8.16. The first-order valence-electron chi connectivity index (χ1n) is 7.22. The van der Waals surface area contributed by atoms with E-state index in [1.54, 1.807) is 6.07 Å². The predicted octanol–water partition coefficient (Wildman–Crippen LogP) is 1.52. The second-order valence-corrected chi connectivity index (χ2v) is 5.43. The Morgan fingerprint density at radius 1 is 1.14 bits per heavy atom. The third-order valence-corrected chi connectivity index (χ3v) is 3.85. The van der Waals surface area contributed by atoms with E-state index < -0.39 is 0 Å². The molecule has 2 unspecified atom stereocenters. The Morgan fingerprint density at radius 2 is 1.86 bits per heavy atom. The van der Waals surface area contributed by atoms with Crippen molar-refractivity contribution in [3.63, 3.8) is 0 Å². The van der Waals surface area contributed by atoms with Crippen molar-refractivity contribution in [2.45, 2.75) is 38.1 Å². The topological polar surface area (TPSA) is 103 Å². The highest BCUT2D eigenvalue weighted by molar-refractivity contribution is 5.92. The van der Waals surface area contributed by atoms with Gasteiger partial charge in [0.2, 0.25) is 5.96 Å². The van der Waals surface area contributed by atoms with Gasteiger partial charge in [0.1, 0.15) is 5.82 Å². The molecule has 1 saturated carbocycles. The summed E-state index contributed by atoms with van der Waals surface area (Å²) in [6.07, 6.45) is 4.83. The van der Waals surface area contributed by atoms with Gasteiger partial charge in [0.15, 0.2) is 5.96 Å². The zero-order valence-corrected chi connectivity index (χ0v) is 12.0. The number of nitrogens with zero attached hydrogens (tertiary/aromatic N) is 2. The fourth-order valence-corrected chi connectivity index (χ4v) is 2.87. The van der Waals surface area contributed by atoms with E-state index >= 15 is 0 Å². The minimum Gasteiger partial charge on any atom is -0.370 e. The lowest BCUT2D eigenvalue weighted by molar-refractivity contribution is 0.305. The van der Waals surface area contributed by atoms with Gasteiger partial charge in [-0.1, -0.05) is 31.0 Å². The van der Waals surface area contributed by atoms with Gasteiger partial charge in [0.25, 0.3) is 0 Å². The Balaban J connectivity index is 2.12. The molecule has 0 amide bonds. The largest absolute Gasteiger partial charge is 0.370 e. The van der Waals surface area contributed by atoms with E-state index in [4.69, 9.17) is 17.2 Å². The second kappa shape index (κ2) is 7.06. The molecule has 2 rings (SSSR count). The van der Waals surface area contributed by atoms with Crippen LogP contribution in [0.2, 0.25) is 0 Å². The van der Waals surface area contributed by atoms with Crippen LogP contribution >= 0.6 is 0 Å². The number of nitrogens with two attached hydrogens (primary N) is 3. The van der Waals surface area contributed by atoms with Crippen molar-refractivity contribution < 1.29 is 4.39 Å². The first kappa shape index (κ1) is 15.3. The van der Waals surface area contributed by atoms with Crippen molar-refractivity contribution in [3.8, 4) is 0 Å². The molecule has 1 fully saturated rings. The quantitative estimate of drug-likeness (QED) is 0.581. The molecule has 0 saturated heterocycles. The number of hydrogen-bond acceptors (Lipinski definition) is 1. The Hall–Kier alpha value is -2.11. The third kappa shape index (κ3) is 4.44. The molecule has 1 aromatic carbocycles. The number of benzene rings is 1. The van der Waals surface area contributed by atoms with Gasteiger partial charge in [-0.3, -0.25) is 0 Å². The molecule has 0 aliphatic heterocycles. The maximum absolute atomic E-state index is 13.8. The number of halogens is 1. The molecule has 1 aliphatic rings. The van der Waals surface area contributed by atoms with Crippen LogP contribution in [0.4, 0.5) is 4.39 Å². The number of guanidine groups is 2. The summed E-state index contributed by atoms with van der Waals surface area (Å²) in [6.45, 7) is 0. The summed E-state index contributed by atoms with van der Waals surface area (Å²) >= 11 is 0. The van der Waals surface area contributed by atoms with E-state index in [-0.39, 0.29) is 29.7 Å². The molecule has 114 valence electrons. The molecule has 0 heterocycles. The molecule has 0 aromatic heterocycles. The second-order valence-electron chi connectivity index (χ2n) is 5.43. The van der Waals surface area contributed by atoms with Crippen molar-refractivity contribution in [1.82, 2.24) is 0 Å². The zero-order chi connectivity index (χ0) is 15.2. The van der Waals surface area contributed by atoms with Gasteiger partial charge in [-0.2, -0.15) is 4.99 Å². The molecule has 0 spiro atoms. The average molecular weight is 291 g/mol. The molecule has 1 aromatic rings. The minimum atomic E-state index is -0.164. The van der Waals surface area contributed by atoms with Crippen LogP contribution in [-0.2, 0) is 6.42 Å². The van der Waals surface area contributed by atoms with Crippen molar-refractivity contribution in [3.05, 3.63) is 35.6 Å². The SMILES string of the molecule is NC(N)=NC(N)=NC1CCCCC1Cc1ccccc1F. The molecule has 0 bridgehead atoms. The van der Waals surface area contributed by atoms with E-state index in [0.717, 1.165) is 31.2 Å². The minimum absolute atomic E-state index is 0.0430. The van der Waals surface area contributed by atoms with Crippen LogP contribution in [0.15, 0.2) is 34.3 Å². The lowest BCUT2D eigenvalue weighted by atomic mass is 9.81. The standard InChI is InChI=1S/C15H22FN5/c16-12-7-3-1-5-10(12)9-11-6-2-4-8-13(11)20-15(19)21-14(17)18/h1,3,5,7,11,13H,2,4,6,8-9H2,(H6,17,18,19,20,21). The number of aliphatic imine (C=N–C) groups is 2. The first-order chi connectivity index (χ1) is 10.1. The van der Waals surface area contributed by atoms with Crippen molar-refractivity contribution in [2.24, 2.45) is 33.1 Å². The summed E-state index contributed by atoms with van der Waals surface area (Å²) in [7, 11) is 0. The molecule has 6 N–H and O–H groups in total. The first-order valence-corrected chi connectivity index (χ1v) is 7.22. The summed E-state index contributed by atoms with van der Waals surface area (Å²) < 4.78 is 13.8. The average Bonchev–Trinajstić information content (AvgIpc) is 2.42. The monoisotopic (exact) mass is 291 g/mol. The summed E-state index contributed by atoms with van der Waals surface area (Å²) in [5, 5.41) is 0. The Kier molecular flexibility index (Phi) is 5.14. The normalized spacial score (nSPS) is 22.8. The van der Waals surface area contributed by atoms with Gasteiger partial charge >= 0.3 is 0 Å². The number of hydrogen-bond donors (Lipinski definition) is 3. The fourth-order valence-electron chi connectivity index (χ4n) is 2.87. The van der Waals surface area contributed by atoms with Crippen LogP contribution in [0.5, 0.6) is 0 Å². The Morgan fingerprint density at radius 3 is 2.57 bits per heavy atom. The highest BCUT2D eigenvalue weighted by Crippen LogP contribution is 2.30. The van der Waals surface area contributed by atoms with Crippen molar-refractivity contribution >= 4 is 11.9 Å². The van der Waals surface area contributed by atoms with Gasteiger partial charge in [-0.05, 0) is 36.8 Å². The van der Waals surface area contributed by atoms with E-state index in [0.29, 0.717) is 6.42 Å². The number of rotatable bonds is 3. The third-order valence-electron chi connectivity index (χ3n) is 3.85. The van der Waals surface area contributed by atoms with Gasteiger partial charge in [0, 0.05) is 0 Å². The van der Waals surface area contributed by atoms with E-state index in [2.05, 4.69) is 9.98 Å². The highest BCUT2D eigenvalue weighted by atomic mass is 19.1. The van der Waals surface area contributed by atoms with Crippen LogP contribution in [0.1, 0.15) is 31.2 Å². The molecular formula is C15H22FN5. The lowest BCUT2D eigenvalue weighted by Crippen LogP contribution is -2.30. The molecular weight excluding hydrogens is 269 g/mol. The summed E-state index contributed by atoms with van der Waals surface area (Å²) in [5.74, 6) is 0.101. The molecule has 0 radical (unpaired) electrons. The van der Waals surface area contributed by atoms with Crippen LogP contribution in [0.25, 0.3) is 0 Å². The maximum Gasteiger partial charge on any atom is 0.218 e. The van der Waals surface area contributed by atoms with Crippen molar-refractivity contribution in [1.29, 1.82) is 0 Å². The Labute approximate surface area is 124 Å². The van der Waals surface area contributed by atoms with Crippen LogP contribution in [0.3, 0.4) is 0 Å². The Bertz CT molecular complexity index is 537. The van der Waals surface area contributed by atoms with E-state index in [1.807, 2.05) is 12.1 Å². The molecule has 1 aliphatic carbocycles. The fraction of sp³-hybridized carbons (Fsp3) is 0.467. The van der Waals surface area contributed by atoms with Crippen molar-refractivity contribution in [2.75, 3.05) is 0 Å². The maximum atomic E-state index is 13.8. The lowest BCUT2D eigenvalue weighted by Gasteiger charge is -2.29. The highest BCUT2D eigenvalue weighted by Gasteiger charge is 2.26. The van der Waals surface area contributed by atoms with Gasteiger partial charge < -0.3 is 17.2 Å². The predicted molar refractivity (Wildman–Crippen MR) is 83.3 cm³/mol. The van der Waals surface area contributed by atoms with E-state index in [1.165, 1.54) is 6.07 Å². The zero-order valence-electron chi connectivity index (χ0n) is 12.0. The van der Waals surface area contributed by atoms with Crippen LogP contribution < -0.4 is 17.2 Å². The molecule has 2 atom stereocenters. The molecule has 6 heteroatoms. The van der Waals surface area contributed by atoms with Crippen LogP contribution in [-0.4, -0.2) is 18.0 Å². The van der Waals surface area contributed by atoms with Gasteiger partial charge in [-0.25, -0.2) is 9.38 Å². The smallest absolute Gasteiger partial charge is 0.218 e. The van der Waals surface area contributed by atoms with E-state index in [9.17, 15) is 4.39 Å². The summed E-state index contributed by atoms with van der Waals surface area (Å²) in [5.41, 5.74) is 17.0. The van der Waals surface area contributed by atoms with Crippen LogP contribution in [0, 0.1) is 11.7 Å². The molecule has 5 nitrogen and oxygen atoms in total. The summed E-state index contributed by atoms with van der Waals surface area (Å²) in [6, 6.07) is 6.91.